The molecule has 0 aliphatic rings. The Morgan fingerprint density at radius 2 is 1.50 bits per heavy atom. The summed E-state index contributed by atoms with van der Waals surface area (Å²) in [5.74, 6) is -0.485. The molecule has 94 valence electrons. The van der Waals surface area contributed by atoms with Gasteiger partial charge in [-0.2, -0.15) is 0 Å². The Balaban J connectivity index is 2.27. The second kappa shape index (κ2) is 4.66. The fraction of sp³-hybridized carbons (Fsp3) is 0. The zero-order valence-electron chi connectivity index (χ0n) is 9.30. The van der Waals surface area contributed by atoms with Crippen LogP contribution >= 0.6 is 0 Å². The van der Waals surface area contributed by atoms with Crippen LogP contribution in [0.15, 0.2) is 53.4 Å². The third-order valence-corrected chi connectivity index (χ3v) is 3.68. The van der Waals surface area contributed by atoms with Crippen molar-refractivity contribution in [3.05, 3.63) is 54.3 Å². The Kier molecular flexibility index (Phi) is 3.20. The molecule has 0 aliphatic carbocycles. The molecule has 0 aliphatic heterocycles. The molecule has 2 rings (SSSR count). The molecule has 2 aromatic rings. The Morgan fingerprint density at radius 1 is 0.944 bits per heavy atom. The van der Waals surface area contributed by atoms with Gasteiger partial charge in [-0.1, -0.05) is 0 Å². The molecular weight excluding hydrogens is 255 g/mol. The van der Waals surface area contributed by atoms with E-state index in [0.717, 1.165) is 12.1 Å². The molecule has 0 heterocycles. The number of anilines is 2. The van der Waals surface area contributed by atoms with E-state index in [-0.39, 0.29) is 4.90 Å². The number of benzene rings is 2. The van der Waals surface area contributed by atoms with Gasteiger partial charge in [0.1, 0.15) is 5.82 Å². The number of nitrogens with one attached hydrogen (secondary N) is 1. The van der Waals surface area contributed by atoms with Crippen LogP contribution in [0.5, 0.6) is 0 Å². The van der Waals surface area contributed by atoms with Crippen LogP contribution < -0.4 is 10.5 Å². The third-order valence-electron chi connectivity index (χ3n) is 2.29. The molecule has 0 saturated carbocycles. The summed E-state index contributed by atoms with van der Waals surface area (Å²) in [6.45, 7) is 0. The summed E-state index contributed by atoms with van der Waals surface area (Å²) in [5, 5.41) is 0. The first-order chi connectivity index (χ1) is 8.47. The van der Waals surface area contributed by atoms with E-state index in [1.165, 1.54) is 12.1 Å². The van der Waals surface area contributed by atoms with Gasteiger partial charge >= 0.3 is 0 Å². The molecule has 18 heavy (non-hydrogen) atoms. The number of halogens is 1. The molecule has 0 radical (unpaired) electrons. The highest BCUT2D eigenvalue weighted by Gasteiger charge is 2.13. The first-order valence-corrected chi connectivity index (χ1v) is 6.60. The van der Waals surface area contributed by atoms with E-state index in [9.17, 15) is 12.8 Å². The van der Waals surface area contributed by atoms with E-state index in [1.807, 2.05) is 0 Å². The lowest BCUT2D eigenvalue weighted by Gasteiger charge is -2.08. The van der Waals surface area contributed by atoms with Crippen molar-refractivity contribution in [3.8, 4) is 0 Å². The van der Waals surface area contributed by atoms with Crippen molar-refractivity contribution in [1.82, 2.24) is 0 Å². The summed E-state index contributed by atoms with van der Waals surface area (Å²) in [4.78, 5) is 0.000671. The lowest BCUT2D eigenvalue weighted by Crippen LogP contribution is -2.12. The number of rotatable bonds is 3. The molecule has 0 atom stereocenters. The van der Waals surface area contributed by atoms with Gasteiger partial charge in [0.05, 0.1) is 4.90 Å². The minimum Gasteiger partial charge on any atom is -0.399 e. The molecule has 0 bridgehead atoms. The number of nitrogen functional groups attached to an aromatic ring is 1. The predicted octanol–water partition coefficient (Wildman–Crippen LogP) is 2.21. The highest BCUT2D eigenvalue weighted by Crippen LogP contribution is 2.17. The molecule has 3 N–H and O–H groups in total. The Hall–Kier alpha value is -2.08. The van der Waals surface area contributed by atoms with Crippen LogP contribution in [0.2, 0.25) is 0 Å². The Morgan fingerprint density at radius 3 is 2.06 bits per heavy atom. The quantitative estimate of drug-likeness (QED) is 0.837. The molecule has 0 amide bonds. The maximum absolute atomic E-state index is 12.7. The van der Waals surface area contributed by atoms with Gasteiger partial charge in [0.15, 0.2) is 0 Å². The Bertz CT molecular complexity index is 637. The van der Waals surface area contributed by atoms with Crippen molar-refractivity contribution in [3.63, 3.8) is 0 Å². The monoisotopic (exact) mass is 266 g/mol. The number of hydrogen-bond donors (Lipinski definition) is 2. The lowest BCUT2D eigenvalue weighted by molar-refractivity contribution is 0.599. The maximum Gasteiger partial charge on any atom is 0.261 e. The van der Waals surface area contributed by atoms with Gasteiger partial charge in [-0.05, 0) is 48.5 Å². The van der Waals surface area contributed by atoms with E-state index in [1.54, 1.807) is 24.3 Å². The fourth-order valence-corrected chi connectivity index (χ4v) is 2.44. The van der Waals surface area contributed by atoms with E-state index < -0.39 is 15.8 Å². The van der Waals surface area contributed by atoms with Gasteiger partial charge in [0.25, 0.3) is 10.0 Å². The first kappa shape index (κ1) is 12.4. The summed E-state index contributed by atoms with van der Waals surface area (Å²) in [6, 6.07) is 10.9. The van der Waals surface area contributed by atoms with Crippen molar-refractivity contribution < 1.29 is 12.8 Å². The summed E-state index contributed by atoms with van der Waals surface area (Å²) < 4.78 is 39.0. The molecular formula is C12H11FN2O2S. The van der Waals surface area contributed by atoms with E-state index in [4.69, 9.17) is 5.73 Å². The second-order valence-corrected chi connectivity index (χ2v) is 5.36. The van der Waals surface area contributed by atoms with Crippen molar-refractivity contribution >= 4 is 21.4 Å². The van der Waals surface area contributed by atoms with Crippen molar-refractivity contribution in [1.29, 1.82) is 0 Å². The second-order valence-electron chi connectivity index (χ2n) is 3.68. The zero-order valence-corrected chi connectivity index (χ0v) is 10.1. The van der Waals surface area contributed by atoms with Crippen LogP contribution in [0, 0.1) is 5.82 Å². The van der Waals surface area contributed by atoms with Crippen LogP contribution in [0.1, 0.15) is 0 Å². The zero-order chi connectivity index (χ0) is 13.2. The van der Waals surface area contributed by atoms with E-state index in [2.05, 4.69) is 4.72 Å². The normalized spacial score (nSPS) is 11.2. The SMILES string of the molecule is Nc1ccc(NS(=O)(=O)c2ccc(F)cc2)cc1. The smallest absolute Gasteiger partial charge is 0.261 e. The standard InChI is InChI=1S/C12H11FN2O2S/c13-9-1-7-12(8-2-9)18(16,17)15-11-5-3-10(14)4-6-11/h1-8,15H,14H2. The average Bonchev–Trinajstić information content (AvgIpc) is 2.32. The third kappa shape index (κ3) is 2.78. The topological polar surface area (TPSA) is 72.2 Å². The minimum absolute atomic E-state index is 0.000671. The minimum atomic E-state index is -3.70. The first-order valence-electron chi connectivity index (χ1n) is 5.11. The maximum atomic E-state index is 12.7. The van der Waals surface area contributed by atoms with Crippen LogP contribution in [-0.2, 0) is 10.0 Å². The molecule has 0 spiro atoms. The molecule has 2 aromatic carbocycles. The van der Waals surface area contributed by atoms with Gasteiger partial charge < -0.3 is 5.73 Å². The molecule has 0 saturated heterocycles. The highest BCUT2D eigenvalue weighted by molar-refractivity contribution is 7.92. The number of sulfonamides is 1. The van der Waals surface area contributed by atoms with Crippen molar-refractivity contribution in [2.24, 2.45) is 0 Å². The fourth-order valence-electron chi connectivity index (χ4n) is 1.38. The van der Waals surface area contributed by atoms with E-state index >= 15 is 0 Å². The van der Waals surface area contributed by atoms with Gasteiger partial charge in [0, 0.05) is 11.4 Å². The van der Waals surface area contributed by atoms with Crippen LogP contribution in [-0.4, -0.2) is 8.42 Å². The Labute approximate surface area is 104 Å². The van der Waals surface area contributed by atoms with Crippen LogP contribution in [0.4, 0.5) is 15.8 Å². The highest BCUT2D eigenvalue weighted by atomic mass is 32.2. The summed E-state index contributed by atoms with van der Waals surface area (Å²) in [7, 11) is -3.70. The van der Waals surface area contributed by atoms with Gasteiger partial charge in [-0.3, -0.25) is 4.72 Å². The average molecular weight is 266 g/mol. The van der Waals surface area contributed by atoms with Crippen molar-refractivity contribution in [2.75, 3.05) is 10.5 Å². The molecule has 0 unspecified atom stereocenters. The summed E-state index contributed by atoms with van der Waals surface area (Å²) >= 11 is 0. The number of nitrogens with two attached hydrogens (primary N) is 1. The largest absolute Gasteiger partial charge is 0.399 e. The van der Waals surface area contributed by atoms with Gasteiger partial charge in [-0.25, -0.2) is 12.8 Å². The number of hydrogen-bond acceptors (Lipinski definition) is 3. The molecule has 0 fully saturated rings. The van der Waals surface area contributed by atoms with E-state index in [0.29, 0.717) is 11.4 Å². The van der Waals surface area contributed by atoms with Gasteiger partial charge in [-0.15, -0.1) is 0 Å². The van der Waals surface area contributed by atoms with Gasteiger partial charge in [0.2, 0.25) is 0 Å². The molecule has 0 aromatic heterocycles. The summed E-state index contributed by atoms with van der Waals surface area (Å²) in [5.41, 5.74) is 6.44. The lowest BCUT2D eigenvalue weighted by atomic mass is 10.3. The van der Waals surface area contributed by atoms with Crippen molar-refractivity contribution in [2.45, 2.75) is 4.90 Å². The van der Waals surface area contributed by atoms with Crippen LogP contribution in [0.3, 0.4) is 0 Å². The van der Waals surface area contributed by atoms with Crippen LogP contribution in [0.25, 0.3) is 0 Å². The summed E-state index contributed by atoms with van der Waals surface area (Å²) in [6.07, 6.45) is 0. The predicted molar refractivity (Wildman–Crippen MR) is 68.1 cm³/mol. The molecule has 4 nitrogen and oxygen atoms in total. The molecule has 6 heteroatoms.